The van der Waals surface area contributed by atoms with Crippen molar-refractivity contribution in [3.63, 3.8) is 0 Å². The SMILES string of the molecule is O=C1OC(C(=O)O)Cc2cccc(F)c21. The first kappa shape index (κ1) is 9.64. The zero-order valence-corrected chi connectivity index (χ0v) is 7.57. The molecule has 0 radical (unpaired) electrons. The van der Waals surface area contributed by atoms with Gasteiger partial charge in [0.05, 0.1) is 5.56 Å². The van der Waals surface area contributed by atoms with Gasteiger partial charge in [0, 0.05) is 6.42 Å². The molecule has 0 saturated heterocycles. The Morgan fingerprint density at radius 3 is 2.93 bits per heavy atom. The highest BCUT2D eigenvalue weighted by atomic mass is 19.1. The summed E-state index contributed by atoms with van der Waals surface area (Å²) in [5, 5.41) is 8.68. The molecular formula is C10H7FO4. The predicted octanol–water partition coefficient (Wildman–Crippen LogP) is 0.992. The van der Waals surface area contributed by atoms with Crippen molar-refractivity contribution in [2.45, 2.75) is 12.5 Å². The summed E-state index contributed by atoms with van der Waals surface area (Å²) < 4.78 is 17.8. The summed E-state index contributed by atoms with van der Waals surface area (Å²) in [6.07, 6.45) is -1.21. The Kier molecular flexibility index (Phi) is 2.15. The van der Waals surface area contributed by atoms with E-state index < -0.39 is 23.9 Å². The zero-order valence-electron chi connectivity index (χ0n) is 7.57. The maximum atomic E-state index is 13.2. The predicted molar refractivity (Wildman–Crippen MR) is 46.9 cm³/mol. The summed E-state index contributed by atoms with van der Waals surface area (Å²) in [5.74, 6) is -2.82. The monoisotopic (exact) mass is 210 g/mol. The minimum absolute atomic E-state index is 0.00810. The van der Waals surface area contributed by atoms with Gasteiger partial charge in [0.2, 0.25) is 6.10 Å². The largest absolute Gasteiger partial charge is 0.478 e. The van der Waals surface area contributed by atoms with Crippen molar-refractivity contribution in [2.24, 2.45) is 0 Å². The van der Waals surface area contributed by atoms with Gasteiger partial charge in [-0.2, -0.15) is 0 Å². The maximum Gasteiger partial charge on any atom is 0.345 e. The molecular weight excluding hydrogens is 203 g/mol. The minimum Gasteiger partial charge on any atom is -0.478 e. The van der Waals surface area contributed by atoms with Crippen LogP contribution in [0.1, 0.15) is 15.9 Å². The van der Waals surface area contributed by atoms with Crippen LogP contribution in [0, 0.1) is 5.82 Å². The van der Waals surface area contributed by atoms with Gasteiger partial charge in [0.1, 0.15) is 5.82 Å². The molecule has 4 nitrogen and oxygen atoms in total. The number of aliphatic carboxylic acids is 1. The third-order valence-electron chi connectivity index (χ3n) is 2.23. The Balaban J connectivity index is 2.45. The maximum absolute atomic E-state index is 13.2. The fraction of sp³-hybridized carbons (Fsp3) is 0.200. The number of cyclic esters (lactones) is 1. The minimum atomic E-state index is -1.22. The van der Waals surface area contributed by atoms with Crippen LogP contribution in [0.4, 0.5) is 4.39 Å². The zero-order chi connectivity index (χ0) is 11.0. The summed E-state index contributed by atoms with van der Waals surface area (Å²) >= 11 is 0. The van der Waals surface area contributed by atoms with Crippen LogP contribution in [0.5, 0.6) is 0 Å². The van der Waals surface area contributed by atoms with Gasteiger partial charge in [-0.05, 0) is 11.6 Å². The van der Waals surface area contributed by atoms with Crippen molar-refractivity contribution in [1.82, 2.24) is 0 Å². The molecule has 0 amide bonds. The molecule has 0 aliphatic carbocycles. The summed E-state index contributed by atoms with van der Waals surface area (Å²) in [4.78, 5) is 21.9. The molecule has 1 heterocycles. The Hall–Kier alpha value is -1.91. The van der Waals surface area contributed by atoms with E-state index in [-0.39, 0.29) is 12.0 Å². The molecule has 1 aliphatic rings. The Bertz CT molecular complexity index is 441. The van der Waals surface area contributed by atoms with Crippen molar-refractivity contribution < 1.29 is 23.8 Å². The number of ether oxygens (including phenoxy) is 1. The van der Waals surface area contributed by atoms with Crippen molar-refractivity contribution in [3.8, 4) is 0 Å². The molecule has 78 valence electrons. The molecule has 2 rings (SSSR count). The number of hydrogen-bond acceptors (Lipinski definition) is 3. The summed E-state index contributed by atoms with van der Waals surface area (Å²) in [7, 11) is 0. The average molecular weight is 210 g/mol. The Morgan fingerprint density at radius 2 is 2.27 bits per heavy atom. The second kappa shape index (κ2) is 3.34. The fourth-order valence-corrected chi connectivity index (χ4v) is 1.53. The normalized spacial score (nSPS) is 19.3. The second-order valence-electron chi connectivity index (χ2n) is 3.21. The highest BCUT2D eigenvalue weighted by molar-refractivity contribution is 5.94. The molecule has 15 heavy (non-hydrogen) atoms. The van der Waals surface area contributed by atoms with Crippen molar-refractivity contribution >= 4 is 11.9 Å². The van der Waals surface area contributed by atoms with Gasteiger partial charge < -0.3 is 9.84 Å². The topological polar surface area (TPSA) is 63.6 Å². The number of hydrogen-bond donors (Lipinski definition) is 1. The van der Waals surface area contributed by atoms with Gasteiger partial charge in [-0.1, -0.05) is 12.1 Å². The van der Waals surface area contributed by atoms with Crippen LogP contribution in [0.2, 0.25) is 0 Å². The second-order valence-corrected chi connectivity index (χ2v) is 3.21. The standard InChI is InChI=1S/C10H7FO4/c11-6-3-1-2-5-4-7(9(12)13)15-10(14)8(5)6/h1-3,7H,4H2,(H,12,13). The smallest absolute Gasteiger partial charge is 0.345 e. The highest BCUT2D eigenvalue weighted by Crippen LogP contribution is 2.23. The molecule has 1 N–H and O–H groups in total. The molecule has 1 aliphatic heterocycles. The van der Waals surface area contributed by atoms with E-state index in [0.717, 1.165) is 6.07 Å². The van der Waals surface area contributed by atoms with Gasteiger partial charge in [-0.3, -0.25) is 0 Å². The van der Waals surface area contributed by atoms with Gasteiger partial charge in [0.25, 0.3) is 0 Å². The molecule has 0 bridgehead atoms. The number of benzene rings is 1. The molecule has 1 aromatic rings. The number of rotatable bonds is 1. The fourth-order valence-electron chi connectivity index (χ4n) is 1.53. The molecule has 0 saturated carbocycles. The molecule has 0 fully saturated rings. The van der Waals surface area contributed by atoms with E-state index in [2.05, 4.69) is 4.74 Å². The number of carbonyl (C=O) groups excluding carboxylic acids is 1. The van der Waals surface area contributed by atoms with Gasteiger partial charge in [-0.15, -0.1) is 0 Å². The molecule has 1 aromatic carbocycles. The van der Waals surface area contributed by atoms with Crippen LogP contribution in [0.25, 0.3) is 0 Å². The number of halogens is 1. The molecule has 0 aromatic heterocycles. The van der Waals surface area contributed by atoms with Crippen molar-refractivity contribution in [1.29, 1.82) is 0 Å². The summed E-state index contributed by atoms with van der Waals surface area (Å²) in [6, 6.07) is 4.10. The summed E-state index contributed by atoms with van der Waals surface area (Å²) in [5.41, 5.74) is 0.216. The lowest BCUT2D eigenvalue weighted by Crippen LogP contribution is -2.34. The summed E-state index contributed by atoms with van der Waals surface area (Å²) in [6.45, 7) is 0. The van der Waals surface area contributed by atoms with E-state index in [1.165, 1.54) is 12.1 Å². The van der Waals surface area contributed by atoms with Gasteiger partial charge in [0.15, 0.2) is 0 Å². The van der Waals surface area contributed by atoms with Crippen LogP contribution in [-0.2, 0) is 16.0 Å². The van der Waals surface area contributed by atoms with E-state index in [1.54, 1.807) is 0 Å². The number of carbonyl (C=O) groups is 2. The molecule has 5 heteroatoms. The van der Waals surface area contributed by atoms with Gasteiger partial charge in [-0.25, -0.2) is 14.0 Å². The van der Waals surface area contributed by atoms with E-state index >= 15 is 0 Å². The number of carboxylic acid groups (broad SMARTS) is 1. The van der Waals surface area contributed by atoms with Crippen molar-refractivity contribution in [2.75, 3.05) is 0 Å². The first-order valence-electron chi connectivity index (χ1n) is 4.31. The first-order valence-corrected chi connectivity index (χ1v) is 4.31. The molecule has 1 atom stereocenters. The van der Waals surface area contributed by atoms with Crippen LogP contribution >= 0.6 is 0 Å². The lowest BCUT2D eigenvalue weighted by Gasteiger charge is -2.21. The molecule has 1 unspecified atom stereocenters. The Morgan fingerprint density at radius 1 is 1.53 bits per heavy atom. The Labute approximate surface area is 84.3 Å². The van der Waals surface area contributed by atoms with Crippen LogP contribution < -0.4 is 0 Å². The highest BCUT2D eigenvalue weighted by Gasteiger charge is 2.32. The van der Waals surface area contributed by atoms with Crippen LogP contribution in [0.15, 0.2) is 18.2 Å². The third-order valence-corrected chi connectivity index (χ3v) is 2.23. The van der Waals surface area contributed by atoms with Gasteiger partial charge >= 0.3 is 11.9 Å². The van der Waals surface area contributed by atoms with Crippen molar-refractivity contribution in [3.05, 3.63) is 35.1 Å². The lowest BCUT2D eigenvalue weighted by molar-refractivity contribution is -0.147. The van der Waals surface area contributed by atoms with E-state index in [9.17, 15) is 14.0 Å². The first-order chi connectivity index (χ1) is 7.09. The van der Waals surface area contributed by atoms with Crippen LogP contribution in [-0.4, -0.2) is 23.1 Å². The van der Waals surface area contributed by atoms with E-state index in [4.69, 9.17) is 5.11 Å². The van der Waals surface area contributed by atoms with E-state index in [1.807, 2.05) is 0 Å². The quantitative estimate of drug-likeness (QED) is 0.702. The lowest BCUT2D eigenvalue weighted by atomic mass is 9.98. The van der Waals surface area contributed by atoms with E-state index in [0.29, 0.717) is 5.56 Å². The number of fused-ring (bicyclic) bond motifs is 1. The number of carboxylic acids is 1. The molecule has 0 spiro atoms. The van der Waals surface area contributed by atoms with Crippen LogP contribution in [0.3, 0.4) is 0 Å². The number of esters is 1. The average Bonchev–Trinajstić information content (AvgIpc) is 2.17. The third kappa shape index (κ3) is 1.56.